The van der Waals surface area contributed by atoms with Crippen molar-refractivity contribution in [2.75, 3.05) is 13.7 Å². The Morgan fingerprint density at radius 1 is 1.16 bits per heavy atom. The number of hydrogen-bond acceptors (Lipinski definition) is 2. The predicted octanol–water partition coefficient (Wildman–Crippen LogP) is 2.34. The van der Waals surface area contributed by atoms with E-state index < -0.39 is 0 Å². The summed E-state index contributed by atoms with van der Waals surface area (Å²) in [7, 11) is 1.62. The summed E-state index contributed by atoms with van der Waals surface area (Å²) in [6, 6.07) is 10.3. The Bertz CT molecular complexity index is 368. The summed E-state index contributed by atoms with van der Waals surface area (Å²) in [6.45, 7) is 4.45. The van der Waals surface area contributed by atoms with Crippen LogP contribution in [-0.4, -0.2) is 31.8 Å². The van der Waals surface area contributed by atoms with Crippen LogP contribution >= 0.6 is 0 Å². The van der Waals surface area contributed by atoms with Crippen molar-refractivity contribution in [2.45, 2.75) is 38.8 Å². The smallest absolute Gasteiger partial charge is 0.315 e. The fraction of sp³-hybridized carbons (Fsp3) is 0.533. The maximum atomic E-state index is 11.7. The number of methoxy groups -OCH3 is 1. The zero-order valence-electron chi connectivity index (χ0n) is 12.0. The van der Waals surface area contributed by atoms with Crippen molar-refractivity contribution in [3.05, 3.63) is 35.9 Å². The molecule has 0 aliphatic carbocycles. The van der Waals surface area contributed by atoms with Crippen molar-refractivity contribution >= 4 is 6.03 Å². The third-order valence-corrected chi connectivity index (χ3v) is 2.88. The number of nitrogens with one attached hydrogen (secondary N) is 2. The molecule has 2 amide bonds. The van der Waals surface area contributed by atoms with Gasteiger partial charge in [0, 0.05) is 13.2 Å². The van der Waals surface area contributed by atoms with E-state index in [1.54, 1.807) is 7.11 Å². The van der Waals surface area contributed by atoms with Gasteiger partial charge in [0.2, 0.25) is 0 Å². The summed E-state index contributed by atoms with van der Waals surface area (Å²) in [5, 5.41) is 5.77. The average Bonchev–Trinajstić information content (AvgIpc) is 2.37. The minimum Gasteiger partial charge on any atom is -0.383 e. The van der Waals surface area contributed by atoms with Crippen LogP contribution in [0.2, 0.25) is 0 Å². The first kappa shape index (κ1) is 15.5. The number of carbonyl (C=O) groups excluding carboxylic acids is 1. The van der Waals surface area contributed by atoms with Gasteiger partial charge in [0.25, 0.3) is 0 Å². The van der Waals surface area contributed by atoms with Crippen molar-refractivity contribution in [1.82, 2.24) is 10.6 Å². The molecule has 0 aromatic heterocycles. The lowest BCUT2D eigenvalue weighted by Crippen LogP contribution is -2.45. The molecule has 0 radical (unpaired) electrons. The van der Waals surface area contributed by atoms with Gasteiger partial charge in [-0.1, -0.05) is 30.3 Å². The Labute approximate surface area is 115 Å². The summed E-state index contributed by atoms with van der Waals surface area (Å²) in [5.74, 6) is 0. The number of aryl methyl sites for hydroxylation is 1. The molecule has 4 nitrogen and oxygen atoms in total. The van der Waals surface area contributed by atoms with E-state index in [1.165, 1.54) is 5.56 Å². The standard InChI is InChI=1S/C15H24N2O2/c1-12(9-10-14-7-5-4-6-8-14)16-15(18)17-13(2)11-19-3/h4-8,12-13H,9-11H2,1-3H3,(H2,16,17,18). The Morgan fingerprint density at radius 3 is 2.42 bits per heavy atom. The molecule has 1 rings (SSSR count). The van der Waals surface area contributed by atoms with Crippen LogP contribution in [0.15, 0.2) is 30.3 Å². The molecule has 2 unspecified atom stereocenters. The van der Waals surface area contributed by atoms with Gasteiger partial charge in [0.1, 0.15) is 0 Å². The van der Waals surface area contributed by atoms with Crippen molar-refractivity contribution < 1.29 is 9.53 Å². The van der Waals surface area contributed by atoms with Crippen LogP contribution < -0.4 is 10.6 Å². The molecule has 0 saturated heterocycles. The largest absolute Gasteiger partial charge is 0.383 e. The topological polar surface area (TPSA) is 50.4 Å². The summed E-state index contributed by atoms with van der Waals surface area (Å²) < 4.78 is 4.97. The summed E-state index contributed by atoms with van der Waals surface area (Å²) in [4.78, 5) is 11.7. The maximum Gasteiger partial charge on any atom is 0.315 e. The van der Waals surface area contributed by atoms with Crippen molar-refractivity contribution in [1.29, 1.82) is 0 Å². The number of rotatable bonds is 7. The number of benzene rings is 1. The Kier molecular flexibility index (Phi) is 6.97. The molecule has 2 atom stereocenters. The molecule has 0 aliphatic rings. The summed E-state index contributed by atoms with van der Waals surface area (Å²) in [6.07, 6.45) is 1.89. The molecule has 0 bridgehead atoms. The molecule has 0 aliphatic heterocycles. The first-order chi connectivity index (χ1) is 9.11. The van der Waals surface area contributed by atoms with Crippen LogP contribution in [0.4, 0.5) is 4.79 Å². The van der Waals surface area contributed by atoms with E-state index in [0.717, 1.165) is 12.8 Å². The van der Waals surface area contributed by atoms with Gasteiger partial charge in [-0.3, -0.25) is 0 Å². The van der Waals surface area contributed by atoms with Crippen LogP contribution in [0, 0.1) is 0 Å². The second-order valence-electron chi connectivity index (χ2n) is 4.90. The molecule has 1 aromatic carbocycles. The van der Waals surface area contributed by atoms with E-state index in [4.69, 9.17) is 4.74 Å². The molecular formula is C15H24N2O2. The third-order valence-electron chi connectivity index (χ3n) is 2.88. The molecule has 2 N–H and O–H groups in total. The fourth-order valence-electron chi connectivity index (χ4n) is 1.88. The SMILES string of the molecule is COCC(C)NC(=O)NC(C)CCc1ccccc1. The summed E-state index contributed by atoms with van der Waals surface area (Å²) >= 11 is 0. The molecule has 0 spiro atoms. The lowest BCUT2D eigenvalue weighted by atomic mass is 10.1. The lowest BCUT2D eigenvalue weighted by molar-refractivity contribution is 0.170. The minimum atomic E-state index is -0.134. The minimum absolute atomic E-state index is 0.0197. The first-order valence-electron chi connectivity index (χ1n) is 6.71. The van der Waals surface area contributed by atoms with Crippen LogP contribution in [0.1, 0.15) is 25.8 Å². The van der Waals surface area contributed by atoms with Crippen LogP contribution in [0.3, 0.4) is 0 Å². The molecule has 19 heavy (non-hydrogen) atoms. The van der Waals surface area contributed by atoms with Crippen molar-refractivity contribution in [3.63, 3.8) is 0 Å². The van der Waals surface area contributed by atoms with E-state index in [9.17, 15) is 4.79 Å². The predicted molar refractivity (Wildman–Crippen MR) is 77.2 cm³/mol. The Morgan fingerprint density at radius 2 is 1.79 bits per heavy atom. The lowest BCUT2D eigenvalue weighted by Gasteiger charge is -2.17. The van der Waals surface area contributed by atoms with Gasteiger partial charge in [0.05, 0.1) is 12.6 Å². The van der Waals surface area contributed by atoms with E-state index in [2.05, 4.69) is 22.8 Å². The highest BCUT2D eigenvalue weighted by atomic mass is 16.5. The van der Waals surface area contributed by atoms with E-state index in [0.29, 0.717) is 6.61 Å². The Balaban J connectivity index is 2.23. The fourth-order valence-corrected chi connectivity index (χ4v) is 1.88. The third kappa shape index (κ3) is 6.82. The molecule has 1 aromatic rings. The van der Waals surface area contributed by atoms with Gasteiger partial charge >= 0.3 is 6.03 Å². The normalized spacial score (nSPS) is 13.6. The number of hydrogen-bond donors (Lipinski definition) is 2. The number of amides is 2. The van der Waals surface area contributed by atoms with Crippen LogP contribution in [0.5, 0.6) is 0 Å². The maximum absolute atomic E-state index is 11.7. The van der Waals surface area contributed by atoms with Gasteiger partial charge in [-0.15, -0.1) is 0 Å². The highest BCUT2D eigenvalue weighted by molar-refractivity contribution is 5.74. The summed E-state index contributed by atoms with van der Waals surface area (Å²) in [5.41, 5.74) is 1.30. The number of carbonyl (C=O) groups is 1. The van der Waals surface area contributed by atoms with E-state index in [1.807, 2.05) is 32.0 Å². The molecule has 4 heteroatoms. The van der Waals surface area contributed by atoms with Gasteiger partial charge in [-0.05, 0) is 32.3 Å². The van der Waals surface area contributed by atoms with Gasteiger partial charge in [-0.25, -0.2) is 4.79 Å². The molecule has 0 fully saturated rings. The van der Waals surface area contributed by atoms with E-state index in [-0.39, 0.29) is 18.1 Å². The first-order valence-corrected chi connectivity index (χ1v) is 6.71. The van der Waals surface area contributed by atoms with E-state index >= 15 is 0 Å². The van der Waals surface area contributed by atoms with Crippen LogP contribution in [0.25, 0.3) is 0 Å². The zero-order valence-corrected chi connectivity index (χ0v) is 12.0. The van der Waals surface area contributed by atoms with Gasteiger partial charge < -0.3 is 15.4 Å². The molecule has 0 saturated carbocycles. The molecule has 106 valence electrons. The Hall–Kier alpha value is -1.55. The molecular weight excluding hydrogens is 240 g/mol. The van der Waals surface area contributed by atoms with Gasteiger partial charge in [0.15, 0.2) is 0 Å². The highest BCUT2D eigenvalue weighted by Crippen LogP contribution is 2.04. The van der Waals surface area contributed by atoms with Gasteiger partial charge in [-0.2, -0.15) is 0 Å². The average molecular weight is 264 g/mol. The van der Waals surface area contributed by atoms with Crippen molar-refractivity contribution in [3.8, 4) is 0 Å². The monoisotopic (exact) mass is 264 g/mol. The zero-order chi connectivity index (χ0) is 14.1. The quantitative estimate of drug-likeness (QED) is 0.794. The van der Waals surface area contributed by atoms with Crippen LogP contribution in [-0.2, 0) is 11.2 Å². The second kappa shape index (κ2) is 8.53. The molecule has 0 heterocycles. The van der Waals surface area contributed by atoms with Crippen molar-refractivity contribution in [2.24, 2.45) is 0 Å². The number of urea groups is 1. The highest BCUT2D eigenvalue weighted by Gasteiger charge is 2.09. The number of ether oxygens (including phenoxy) is 1. The second-order valence-corrected chi connectivity index (χ2v) is 4.90.